The minimum atomic E-state index is 1.11. The van der Waals surface area contributed by atoms with Gasteiger partial charge < -0.3 is 0 Å². The molecule has 0 N–H and O–H groups in total. The summed E-state index contributed by atoms with van der Waals surface area (Å²) in [4.78, 5) is 2.54. The second-order valence-electron chi connectivity index (χ2n) is 5.55. The molecule has 98 valence electrons. The van der Waals surface area contributed by atoms with Crippen LogP contribution < -0.4 is 0 Å². The molecule has 0 radical (unpaired) electrons. The van der Waals surface area contributed by atoms with Gasteiger partial charge in [0.1, 0.15) is 0 Å². The molecule has 0 bridgehead atoms. The fraction of sp³-hybridized carbons (Fsp3) is 0.333. The van der Waals surface area contributed by atoms with Crippen LogP contribution in [-0.2, 0) is 6.54 Å². The Morgan fingerprint density at radius 1 is 0.789 bits per heavy atom. The van der Waals surface area contributed by atoms with Crippen LogP contribution in [-0.4, -0.2) is 18.0 Å². The molecule has 1 nitrogen and oxygen atoms in total. The van der Waals surface area contributed by atoms with Crippen molar-refractivity contribution in [2.24, 2.45) is 0 Å². The van der Waals surface area contributed by atoms with Crippen molar-refractivity contribution in [2.75, 3.05) is 13.1 Å². The first-order chi connectivity index (χ1) is 9.31. The van der Waals surface area contributed by atoms with E-state index in [1.807, 2.05) is 0 Å². The molecule has 3 rings (SSSR count). The lowest BCUT2D eigenvalue weighted by atomic mass is 10.0. The van der Waals surface area contributed by atoms with Gasteiger partial charge in [0, 0.05) is 6.54 Å². The highest BCUT2D eigenvalue weighted by atomic mass is 15.1. The predicted molar refractivity (Wildman–Crippen MR) is 81.1 cm³/mol. The number of benzene rings is 2. The van der Waals surface area contributed by atoms with E-state index in [-0.39, 0.29) is 0 Å². The first kappa shape index (κ1) is 12.4. The van der Waals surface area contributed by atoms with Gasteiger partial charge in [0.2, 0.25) is 0 Å². The Hall–Kier alpha value is -1.60. The molecule has 0 spiro atoms. The molecule has 0 saturated carbocycles. The van der Waals surface area contributed by atoms with Crippen LogP contribution in [0.2, 0.25) is 0 Å². The van der Waals surface area contributed by atoms with Gasteiger partial charge in [-0.25, -0.2) is 0 Å². The molecule has 1 aliphatic heterocycles. The summed E-state index contributed by atoms with van der Waals surface area (Å²) in [6.45, 7) is 5.76. The maximum atomic E-state index is 2.54. The molecular weight excluding hydrogens is 230 g/mol. The van der Waals surface area contributed by atoms with Crippen LogP contribution in [0, 0.1) is 6.92 Å². The highest BCUT2D eigenvalue weighted by Gasteiger charge is 2.11. The highest BCUT2D eigenvalue weighted by Crippen LogP contribution is 2.21. The normalized spacial score (nSPS) is 15.8. The topological polar surface area (TPSA) is 3.24 Å². The Bertz CT molecular complexity index is 519. The Morgan fingerprint density at radius 3 is 1.89 bits per heavy atom. The molecule has 1 fully saturated rings. The van der Waals surface area contributed by atoms with E-state index in [1.165, 1.54) is 48.2 Å². The molecule has 2 aromatic rings. The molecule has 0 aromatic heterocycles. The Balaban J connectivity index is 1.72. The van der Waals surface area contributed by atoms with Crippen molar-refractivity contribution >= 4 is 0 Å². The molecule has 1 heteroatoms. The van der Waals surface area contributed by atoms with Crippen LogP contribution in [0.3, 0.4) is 0 Å². The Labute approximate surface area is 115 Å². The summed E-state index contributed by atoms with van der Waals surface area (Å²) < 4.78 is 0. The van der Waals surface area contributed by atoms with Crippen molar-refractivity contribution < 1.29 is 0 Å². The summed E-state index contributed by atoms with van der Waals surface area (Å²) in [5, 5.41) is 0. The number of aryl methyl sites for hydroxylation is 1. The monoisotopic (exact) mass is 251 g/mol. The smallest absolute Gasteiger partial charge is 0.0233 e. The van der Waals surface area contributed by atoms with Crippen molar-refractivity contribution in [3.63, 3.8) is 0 Å². The van der Waals surface area contributed by atoms with Crippen LogP contribution in [0.15, 0.2) is 48.5 Å². The van der Waals surface area contributed by atoms with E-state index in [0.29, 0.717) is 0 Å². The van der Waals surface area contributed by atoms with Crippen LogP contribution >= 0.6 is 0 Å². The summed E-state index contributed by atoms with van der Waals surface area (Å²) >= 11 is 0. The van der Waals surface area contributed by atoms with E-state index in [9.17, 15) is 0 Å². The highest BCUT2D eigenvalue weighted by molar-refractivity contribution is 5.63. The lowest BCUT2D eigenvalue weighted by molar-refractivity contribution is 0.331. The summed E-state index contributed by atoms with van der Waals surface area (Å²) in [6.07, 6.45) is 2.73. The number of hydrogen-bond donors (Lipinski definition) is 0. The molecule has 1 aliphatic rings. The molecule has 1 heterocycles. The average Bonchev–Trinajstić information content (AvgIpc) is 2.94. The molecule has 0 amide bonds. The van der Waals surface area contributed by atoms with Crippen LogP contribution in [0.5, 0.6) is 0 Å². The standard InChI is InChI=1S/C18H21N/c1-15-4-8-17(9-5-15)18-10-6-16(7-11-18)14-19-12-2-3-13-19/h4-11H,2-3,12-14H2,1H3. The van der Waals surface area contributed by atoms with Crippen molar-refractivity contribution in [3.8, 4) is 11.1 Å². The van der Waals surface area contributed by atoms with Gasteiger partial charge in [-0.3, -0.25) is 4.90 Å². The summed E-state index contributed by atoms with van der Waals surface area (Å²) in [7, 11) is 0. The maximum Gasteiger partial charge on any atom is 0.0233 e. The summed E-state index contributed by atoms with van der Waals surface area (Å²) in [6, 6.07) is 17.8. The van der Waals surface area contributed by atoms with E-state index >= 15 is 0 Å². The van der Waals surface area contributed by atoms with Crippen molar-refractivity contribution in [3.05, 3.63) is 59.7 Å². The fourth-order valence-electron chi connectivity index (χ4n) is 2.75. The maximum absolute atomic E-state index is 2.54. The Morgan fingerprint density at radius 2 is 1.32 bits per heavy atom. The van der Waals surface area contributed by atoms with Crippen LogP contribution in [0.1, 0.15) is 24.0 Å². The Kier molecular flexibility index (Phi) is 3.65. The van der Waals surface area contributed by atoms with Gasteiger partial charge in [0.05, 0.1) is 0 Å². The van der Waals surface area contributed by atoms with E-state index < -0.39 is 0 Å². The molecule has 0 atom stereocenters. The molecule has 19 heavy (non-hydrogen) atoms. The molecule has 1 saturated heterocycles. The molecule has 0 unspecified atom stereocenters. The number of hydrogen-bond acceptors (Lipinski definition) is 1. The van der Waals surface area contributed by atoms with Gasteiger partial charge in [0.25, 0.3) is 0 Å². The van der Waals surface area contributed by atoms with E-state index in [2.05, 4.69) is 60.4 Å². The minimum Gasteiger partial charge on any atom is -0.299 e. The first-order valence-corrected chi connectivity index (χ1v) is 7.19. The zero-order valence-corrected chi connectivity index (χ0v) is 11.6. The van der Waals surface area contributed by atoms with Gasteiger partial charge in [-0.05, 0) is 49.5 Å². The van der Waals surface area contributed by atoms with Gasteiger partial charge in [-0.2, -0.15) is 0 Å². The van der Waals surface area contributed by atoms with E-state index in [4.69, 9.17) is 0 Å². The predicted octanol–water partition coefficient (Wildman–Crippen LogP) is 4.26. The first-order valence-electron chi connectivity index (χ1n) is 7.19. The SMILES string of the molecule is Cc1ccc(-c2ccc(CN3CCCC3)cc2)cc1. The number of likely N-dealkylation sites (tertiary alicyclic amines) is 1. The van der Waals surface area contributed by atoms with Crippen molar-refractivity contribution in [2.45, 2.75) is 26.3 Å². The van der Waals surface area contributed by atoms with Crippen molar-refractivity contribution in [1.82, 2.24) is 4.90 Å². The lowest BCUT2D eigenvalue weighted by Crippen LogP contribution is -2.18. The molecule has 0 aliphatic carbocycles. The molecular formula is C18H21N. The second kappa shape index (κ2) is 5.58. The number of rotatable bonds is 3. The van der Waals surface area contributed by atoms with Crippen LogP contribution in [0.25, 0.3) is 11.1 Å². The van der Waals surface area contributed by atoms with Gasteiger partial charge in [-0.15, -0.1) is 0 Å². The third kappa shape index (κ3) is 3.05. The third-order valence-electron chi connectivity index (χ3n) is 3.94. The zero-order chi connectivity index (χ0) is 13.1. The fourth-order valence-corrected chi connectivity index (χ4v) is 2.75. The quantitative estimate of drug-likeness (QED) is 0.788. The molecule has 2 aromatic carbocycles. The van der Waals surface area contributed by atoms with Crippen molar-refractivity contribution in [1.29, 1.82) is 0 Å². The summed E-state index contributed by atoms with van der Waals surface area (Å²) in [5.41, 5.74) is 5.36. The summed E-state index contributed by atoms with van der Waals surface area (Å²) in [5.74, 6) is 0. The average molecular weight is 251 g/mol. The van der Waals surface area contributed by atoms with Gasteiger partial charge >= 0.3 is 0 Å². The largest absolute Gasteiger partial charge is 0.299 e. The third-order valence-corrected chi connectivity index (χ3v) is 3.94. The zero-order valence-electron chi connectivity index (χ0n) is 11.6. The van der Waals surface area contributed by atoms with Crippen LogP contribution in [0.4, 0.5) is 0 Å². The van der Waals surface area contributed by atoms with E-state index in [0.717, 1.165) is 6.54 Å². The number of nitrogens with zero attached hydrogens (tertiary/aromatic N) is 1. The van der Waals surface area contributed by atoms with E-state index in [1.54, 1.807) is 0 Å². The lowest BCUT2D eigenvalue weighted by Gasteiger charge is -2.14. The second-order valence-corrected chi connectivity index (χ2v) is 5.55. The minimum absolute atomic E-state index is 1.11. The van der Waals surface area contributed by atoms with Gasteiger partial charge in [0.15, 0.2) is 0 Å². The van der Waals surface area contributed by atoms with Gasteiger partial charge in [-0.1, -0.05) is 54.1 Å².